The molecular weight excluding hydrogens is 208 g/mol. The van der Waals surface area contributed by atoms with Gasteiger partial charge in [-0.3, -0.25) is 0 Å². The van der Waals surface area contributed by atoms with Gasteiger partial charge in [-0.25, -0.2) is 4.79 Å². The van der Waals surface area contributed by atoms with Crippen LogP contribution in [0.5, 0.6) is 0 Å². The van der Waals surface area contributed by atoms with Crippen LogP contribution in [0.15, 0.2) is 23.6 Å². The molecule has 1 aliphatic carbocycles. The summed E-state index contributed by atoms with van der Waals surface area (Å²) in [6, 6.07) is 8.85. The second-order valence-electron chi connectivity index (χ2n) is 3.06. The zero-order valence-electron chi connectivity index (χ0n) is 8.33. The highest BCUT2D eigenvalue weighted by atomic mass is 32.1. The fourth-order valence-electron chi connectivity index (χ4n) is 1.32. The Morgan fingerprint density at radius 3 is 3.20 bits per heavy atom. The van der Waals surface area contributed by atoms with Gasteiger partial charge in [-0.2, -0.15) is 0 Å². The van der Waals surface area contributed by atoms with Gasteiger partial charge in [0, 0.05) is 17.5 Å². The zero-order valence-corrected chi connectivity index (χ0v) is 9.15. The van der Waals surface area contributed by atoms with Crippen LogP contribution < -0.4 is 10.6 Å². The van der Waals surface area contributed by atoms with Crippen molar-refractivity contribution in [2.24, 2.45) is 0 Å². The van der Waals surface area contributed by atoms with Crippen molar-refractivity contribution in [3.05, 3.63) is 29.6 Å². The van der Waals surface area contributed by atoms with Crippen molar-refractivity contribution < 1.29 is 4.79 Å². The molecule has 4 heteroatoms. The number of hydrogen-bond donors (Lipinski definition) is 2. The van der Waals surface area contributed by atoms with E-state index in [1.54, 1.807) is 11.3 Å². The van der Waals surface area contributed by atoms with Crippen LogP contribution in [-0.2, 0) is 0 Å². The van der Waals surface area contributed by atoms with Crippen LogP contribution in [0.3, 0.4) is 0 Å². The molecule has 77 valence electrons. The van der Waals surface area contributed by atoms with Crippen LogP contribution in [0.1, 0.15) is 6.92 Å². The Morgan fingerprint density at radius 1 is 1.60 bits per heavy atom. The maximum Gasteiger partial charge on any atom is 0.319 e. The number of carbonyl (C=O) groups excluding carboxylic acids is 1. The van der Waals surface area contributed by atoms with Crippen LogP contribution in [-0.4, -0.2) is 12.6 Å². The van der Waals surface area contributed by atoms with Gasteiger partial charge >= 0.3 is 6.03 Å². The summed E-state index contributed by atoms with van der Waals surface area (Å²) < 4.78 is 0. The van der Waals surface area contributed by atoms with E-state index in [2.05, 4.69) is 16.7 Å². The first-order valence-corrected chi connectivity index (χ1v) is 5.62. The topological polar surface area (TPSA) is 41.1 Å². The summed E-state index contributed by atoms with van der Waals surface area (Å²) in [5, 5.41) is 7.40. The number of rotatable bonds is 2. The fourth-order valence-corrected chi connectivity index (χ4v) is 2.04. The standard InChI is InChI=1S/C11H11N2OS/c1-2-12-11(14)13-9-6-8-4-3-5-15-10(8)7-9/h3-6H,2H2,1H3,(H2,12,13,14). The summed E-state index contributed by atoms with van der Waals surface area (Å²) in [7, 11) is 0. The van der Waals surface area contributed by atoms with Gasteiger partial charge in [-0.05, 0) is 23.9 Å². The minimum Gasteiger partial charge on any atom is -0.338 e. The van der Waals surface area contributed by atoms with Crippen molar-refractivity contribution >= 4 is 23.1 Å². The van der Waals surface area contributed by atoms with Crippen LogP contribution in [0.2, 0.25) is 0 Å². The smallest absolute Gasteiger partial charge is 0.319 e. The minimum absolute atomic E-state index is 0.186. The Hall–Kier alpha value is -1.55. The molecule has 0 spiro atoms. The predicted molar refractivity (Wildman–Crippen MR) is 62.5 cm³/mol. The molecule has 2 amide bonds. The third-order valence-corrected chi connectivity index (χ3v) is 2.80. The van der Waals surface area contributed by atoms with Crippen LogP contribution in [0.25, 0.3) is 10.4 Å². The maximum atomic E-state index is 11.3. The zero-order chi connectivity index (χ0) is 10.7. The molecule has 0 atom stereocenters. The summed E-state index contributed by atoms with van der Waals surface area (Å²) in [4.78, 5) is 12.3. The van der Waals surface area contributed by atoms with Gasteiger partial charge in [0.15, 0.2) is 0 Å². The summed E-state index contributed by atoms with van der Waals surface area (Å²) >= 11 is 1.61. The highest BCUT2D eigenvalue weighted by molar-refractivity contribution is 7.13. The molecule has 2 rings (SSSR count). The van der Waals surface area contributed by atoms with Gasteiger partial charge in [-0.1, -0.05) is 12.1 Å². The van der Waals surface area contributed by atoms with E-state index in [-0.39, 0.29) is 6.03 Å². The molecule has 3 nitrogen and oxygen atoms in total. The van der Waals surface area contributed by atoms with Gasteiger partial charge in [0.1, 0.15) is 0 Å². The lowest BCUT2D eigenvalue weighted by Crippen LogP contribution is -2.27. The van der Waals surface area contributed by atoms with Crippen LogP contribution >= 0.6 is 11.3 Å². The van der Waals surface area contributed by atoms with E-state index < -0.39 is 0 Å². The number of nitrogens with one attached hydrogen (secondary N) is 2. The third-order valence-electron chi connectivity index (χ3n) is 1.94. The van der Waals surface area contributed by atoms with Crippen molar-refractivity contribution in [3.8, 4) is 10.4 Å². The lowest BCUT2D eigenvalue weighted by Gasteiger charge is -2.01. The highest BCUT2D eigenvalue weighted by Crippen LogP contribution is 2.31. The number of carbonyl (C=O) groups is 1. The number of urea groups is 1. The molecule has 0 aromatic rings. The molecule has 2 N–H and O–H groups in total. The van der Waals surface area contributed by atoms with Crippen molar-refractivity contribution in [1.82, 2.24) is 5.32 Å². The second-order valence-corrected chi connectivity index (χ2v) is 3.98. The molecule has 0 fully saturated rings. The SMILES string of the molecule is CCNC(=O)Nc1[c]c2scccc-2c1. The molecule has 1 radical (unpaired) electrons. The van der Waals surface area contributed by atoms with Crippen LogP contribution in [0.4, 0.5) is 10.5 Å². The Labute approximate surface area is 92.5 Å². The van der Waals surface area contributed by atoms with E-state index in [1.165, 1.54) is 0 Å². The first-order chi connectivity index (χ1) is 7.29. The number of amides is 2. The summed E-state index contributed by atoms with van der Waals surface area (Å²) in [6.07, 6.45) is 0. The Morgan fingerprint density at radius 2 is 2.47 bits per heavy atom. The van der Waals surface area contributed by atoms with E-state index in [4.69, 9.17) is 0 Å². The van der Waals surface area contributed by atoms with Gasteiger partial charge in [-0.15, -0.1) is 11.3 Å². The molecule has 2 aliphatic rings. The molecule has 15 heavy (non-hydrogen) atoms. The molecule has 1 aliphatic heterocycles. The van der Waals surface area contributed by atoms with Gasteiger partial charge in [0.2, 0.25) is 0 Å². The lowest BCUT2D eigenvalue weighted by molar-refractivity contribution is 0.252. The number of anilines is 1. The molecule has 1 heterocycles. The number of hydrogen-bond acceptors (Lipinski definition) is 2. The van der Waals surface area contributed by atoms with Gasteiger partial charge in [0.05, 0.1) is 5.69 Å². The average molecular weight is 219 g/mol. The summed E-state index contributed by atoms with van der Waals surface area (Å²) in [5.74, 6) is 0. The fraction of sp³-hybridized carbons (Fsp3) is 0.182. The maximum absolute atomic E-state index is 11.3. The van der Waals surface area contributed by atoms with E-state index >= 15 is 0 Å². The Bertz CT molecular complexity index is 408. The molecule has 0 bridgehead atoms. The van der Waals surface area contributed by atoms with Crippen LogP contribution in [0, 0.1) is 6.07 Å². The second kappa shape index (κ2) is 4.31. The van der Waals surface area contributed by atoms with E-state index in [1.807, 2.05) is 30.5 Å². The minimum atomic E-state index is -0.186. The Balaban J connectivity index is 2.16. The monoisotopic (exact) mass is 219 g/mol. The van der Waals surface area contributed by atoms with E-state index in [0.717, 1.165) is 16.1 Å². The normalized spacial score (nSPS) is 10.2. The van der Waals surface area contributed by atoms with Crippen molar-refractivity contribution in [3.63, 3.8) is 0 Å². The average Bonchev–Trinajstić information content (AvgIpc) is 2.59. The highest BCUT2D eigenvalue weighted by Gasteiger charge is 2.08. The molecule has 0 aromatic heterocycles. The first-order valence-electron chi connectivity index (χ1n) is 4.74. The molecule has 0 aromatic carbocycles. The third kappa shape index (κ3) is 2.27. The molecule has 0 saturated carbocycles. The molecule has 0 saturated heterocycles. The number of fused-ring (bicyclic) bond motifs is 1. The summed E-state index contributed by atoms with van der Waals surface area (Å²) in [5.41, 5.74) is 1.83. The molecule has 0 unspecified atom stereocenters. The predicted octanol–water partition coefficient (Wildman–Crippen LogP) is 2.79. The van der Waals surface area contributed by atoms with E-state index in [0.29, 0.717) is 6.54 Å². The first kappa shape index (κ1) is 9.98. The quantitative estimate of drug-likeness (QED) is 0.801. The van der Waals surface area contributed by atoms with Crippen molar-refractivity contribution in [1.29, 1.82) is 0 Å². The molecular formula is C11H11N2OS. The largest absolute Gasteiger partial charge is 0.338 e. The Kier molecular flexibility index (Phi) is 2.87. The van der Waals surface area contributed by atoms with Gasteiger partial charge in [0.25, 0.3) is 0 Å². The lowest BCUT2D eigenvalue weighted by atomic mass is 10.3. The summed E-state index contributed by atoms with van der Waals surface area (Å²) in [6.45, 7) is 2.50. The van der Waals surface area contributed by atoms with E-state index in [9.17, 15) is 4.79 Å². The van der Waals surface area contributed by atoms with Crippen molar-refractivity contribution in [2.75, 3.05) is 11.9 Å². The van der Waals surface area contributed by atoms with Crippen molar-refractivity contribution in [2.45, 2.75) is 6.92 Å². The van der Waals surface area contributed by atoms with Gasteiger partial charge < -0.3 is 10.6 Å².